The molecule has 2 aromatic rings. The first-order valence-corrected chi connectivity index (χ1v) is 8.79. The first-order chi connectivity index (χ1) is 13.2. The van der Waals surface area contributed by atoms with Gasteiger partial charge in [0.2, 0.25) is 5.82 Å². The van der Waals surface area contributed by atoms with Crippen LogP contribution in [0.5, 0.6) is 0 Å². The molecule has 9 heteroatoms. The third-order valence-corrected chi connectivity index (χ3v) is 3.45. The standard InChI is InChI=1S/C19H24N4O5/c1-13-16(23(25)26)18(22-17(21-13)14-8-6-5-7-9-14)20-10-11-27-12-15(24)28-19(2,3)4/h5-9H,10-12H2,1-4H3,(H,20,21,22). The number of hydrogen-bond acceptors (Lipinski definition) is 8. The predicted octanol–water partition coefficient (Wildman–Crippen LogP) is 3.13. The van der Waals surface area contributed by atoms with Gasteiger partial charge in [0.05, 0.1) is 11.5 Å². The number of rotatable bonds is 8. The van der Waals surface area contributed by atoms with Gasteiger partial charge in [-0.3, -0.25) is 10.1 Å². The zero-order valence-corrected chi connectivity index (χ0v) is 16.4. The number of nitrogens with one attached hydrogen (secondary N) is 1. The van der Waals surface area contributed by atoms with Gasteiger partial charge in [0.1, 0.15) is 17.9 Å². The van der Waals surface area contributed by atoms with Crippen LogP contribution in [0.3, 0.4) is 0 Å². The Labute approximate surface area is 163 Å². The molecule has 0 amide bonds. The molecule has 1 aromatic carbocycles. The first kappa shape index (κ1) is 21.2. The summed E-state index contributed by atoms with van der Waals surface area (Å²) in [5.74, 6) is 0.0285. The normalized spacial score (nSPS) is 11.1. The number of nitrogens with zero attached hydrogens (tertiary/aromatic N) is 3. The number of aromatic nitrogens is 2. The summed E-state index contributed by atoms with van der Waals surface area (Å²) in [5.41, 5.74) is 0.249. The number of aryl methyl sites for hydroxylation is 1. The monoisotopic (exact) mass is 388 g/mol. The summed E-state index contributed by atoms with van der Waals surface area (Å²) >= 11 is 0. The Morgan fingerprint density at radius 3 is 2.50 bits per heavy atom. The molecule has 0 aliphatic rings. The maximum atomic E-state index is 11.6. The van der Waals surface area contributed by atoms with E-state index in [9.17, 15) is 14.9 Å². The highest BCUT2D eigenvalue weighted by molar-refractivity contribution is 5.71. The Balaban J connectivity index is 2.02. The van der Waals surface area contributed by atoms with E-state index in [1.807, 2.05) is 30.3 Å². The molecule has 28 heavy (non-hydrogen) atoms. The minimum atomic E-state index is -0.578. The highest BCUT2D eigenvalue weighted by atomic mass is 16.6. The number of ether oxygens (including phenoxy) is 2. The van der Waals surface area contributed by atoms with Crippen molar-refractivity contribution >= 4 is 17.5 Å². The lowest BCUT2D eigenvalue weighted by molar-refractivity contribution is -0.385. The van der Waals surface area contributed by atoms with Gasteiger partial charge < -0.3 is 14.8 Å². The quantitative estimate of drug-likeness (QED) is 0.317. The van der Waals surface area contributed by atoms with Gasteiger partial charge >= 0.3 is 11.7 Å². The molecule has 0 saturated carbocycles. The van der Waals surface area contributed by atoms with Gasteiger partial charge in [-0.05, 0) is 27.7 Å². The van der Waals surface area contributed by atoms with Crippen LogP contribution in [0, 0.1) is 17.0 Å². The van der Waals surface area contributed by atoms with Crippen LogP contribution in [-0.4, -0.2) is 46.2 Å². The van der Waals surface area contributed by atoms with Gasteiger partial charge in [0, 0.05) is 12.1 Å². The average molecular weight is 388 g/mol. The second-order valence-electron chi connectivity index (χ2n) is 7.02. The van der Waals surface area contributed by atoms with Crippen LogP contribution in [-0.2, 0) is 14.3 Å². The molecule has 1 aromatic heterocycles. The van der Waals surface area contributed by atoms with Gasteiger partial charge in [-0.15, -0.1) is 0 Å². The summed E-state index contributed by atoms with van der Waals surface area (Å²) in [6, 6.07) is 9.20. The van der Waals surface area contributed by atoms with Gasteiger partial charge in [-0.2, -0.15) is 0 Å². The fourth-order valence-electron chi connectivity index (χ4n) is 2.39. The van der Waals surface area contributed by atoms with Crippen molar-refractivity contribution in [3.8, 4) is 11.4 Å². The van der Waals surface area contributed by atoms with E-state index in [1.165, 1.54) is 0 Å². The lowest BCUT2D eigenvalue weighted by atomic mass is 10.2. The van der Waals surface area contributed by atoms with E-state index in [0.717, 1.165) is 5.56 Å². The molecule has 1 heterocycles. The Hall–Kier alpha value is -3.07. The van der Waals surface area contributed by atoms with Crippen LogP contribution in [0.4, 0.5) is 11.5 Å². The number of anilines is 1. The van der Waals surface area contributed by atoms with Crippen LogP contribution in [0.2, 0.25) is 0 Å². The topological polar surface area (TPSA) is 116 Å². The maximum absolute atomic E-state index is 11.6. The minimum Gasteiger partial charge on any atom is -0.458 e. The zero-order valence-electron chi connectivity index (χ0n) is 16.4. The van der Waals surface area contributed by atoms with E-state index in [1.54, 1.807) is 27.7 Å². The van der Waals surface area contributed by atoms with Gasteiger partial charge in [0.25, 0.3) is 0 Å². The van der Waals surface area contributed by atoms with E-state index in [4.69, 9.17) is 9.47 Å². The number of benzene rings is 1. The number of hydrogen-bond donors (Lipinski definition) is 1. The summed E-state index contributed by atoms with van der Waals surface area (Å²) in [7, 11) is 0. The lowest BCUT2D eigenvalue weighted by Gasteiger charge is -2.19. The van der Waals surface area contributed by atoms with Crippen molar-refractivity contribution in [2.45, 2.75) is 33.3 Å². The molecule has 0 radical (unpaired) electrons. The van der Waals surface area contributed by atoms with Crippen molar-refractivity contribution in [1.29, 1.82) is 0 Å². The lowest BCUT2D eigenvalue weighted by Crippen LogP contribution is -2.27. The van der Waals surface area contributed by atoms with E-state index >= 15 is 0 Å². The summed E-state index contributed by atoms with van der Waals surface area (Å²) in [4.78, 5) is 31.0. The second kappa shape index (κ2) is 9.23. The fraction of sp³-hybridized carbons (Fsp3) is 0.421. The largest absolute Gasteiger partial charge is 0.458 e. The molecule has 9 nitrogen and oxygen atoms in total. The second-order valence-corrected chi connectivity index (χ2v) is 7.02. The van der Waals surface area contributed by atoms with E-state index < -0.39 is 16.5 Å². The molecule has 0 fully saturated rings. The van der Waals surface area contributed by atoms with Crippen molar-refractivity contribution < 1.29 is 19.2 Å². The molecule has 0 spiro atoms. The molecule has 0 atom stereocenters. The Bertz CT molecular complexity index is 834. The van der Waals surface area contributed by atoms with Gasteiger partial charge in [0.15, 0.2) is 5.82 Å². The Kier molecular flexibility index (Phi) is 7.00. The predicted molar refractivity (Wildman–Crippen MR) is 104 cm³/mol. The van der Waals surface area contributed by atoms with Crippen LogP contribution >= 0.6 is 0 Å². The molecule has 0 saturated heterocycles. The van der Waals surface area contributed by atoms with Gasteiger partial charge in [-0.25, -0.2) is 14.8 Å². The Morgan fingerprint density at radius 2 is 1.89 bits per heavy atom. The highest BCUT2D eigenvalue weighted by Gasteiger charge is 2.22. The number of nitro groups is 1. The number of carbonyl (C=O) groups excluding carboxylic acids is 1. The van der Waals surface area contributed by atoms with E-state index in [0.29, 0.717) is 5.82 Å². The molecular formula is C19H24N4O5. The third-order valence-electron chi connectivity index (χ3n) is 3.45. The first-order valence-electron chi connectivity index (χ1n) is 8.79. The van der Waals surface area contributed by atoms with E-state index in [-0.39, 0.29) is 37.0 Å². The molecule has 0 unspecified atom stereocenters. The number of esters is 1. The van der Waals surface area contributed by atoms with Crippen LogP contribution in [0.1, 0.15) is 26.5 Å². The van der Waals surface area contributed by atoms with Crippen molar-refractivity contribution in [1.82, 2.24) is 9.97 Å². The smallest absolute Gasteiger partial charge is 0.332 e. The molecule has 150 valence electrons. The van der Waals surface area contributed by atoms with E-state index in [2.05, 4.69) is 15.3 Å². The molecule has 0 aliphatic carbocycles. The zero-order chi connectivity index (χ0) is 20.7. The highest BCUT2D eigenvalue weighted by Crippen LogP contribution is 2.28. The third kappa shape index (κ3) is 6.27. The summed E-state index contributed by atoms with van der Waals surface area (Å²) in [6.45, 7) is 7.07. The van der Waals surface area contributed by atoms with Crippen LogP contribution in [0.15, 0.2) is 30.3 Å². The van der Waals surface area contributed by atoms with Crippen molar-refractivity contribution in [2.75, 3.05) is 25.1 Å². The SMILES string of the molecule is Cc1nc(-c2ccccc2)nc(NCCOCC(=O)OC(C)(C)C)c1[N+](=O)[O-]. The van der Waals surface area contributed by atoms with Crippen LogP contribution in [0.25, 0.3) is 11.4 Å². The molecule has 0 bridgehead atoms. The number of carbonyl (C=O) groups is 1. The minimum absolute atomic E-state index is 0.109. The maximum Gasteiger partial charge on any atom is 0.332 e. The summed E-state index contributed by atoms with van der Waals surface area (Å²) < 4.78 is 10.4. The van der Waals surface area contributed by atoms with Gasteiger partial charge in [-0.1, -0.05) is 30.3 Å². The molecule has 0 aliphatic heterocycles. The van der Waals surface area contributed by atoms with Crippen molar-refractivity contribution in [2.24, 2.45) is 0 Å². The Morgan fingerprint density at radius 1 is 1.21 bits per heavy atom. The average Bonchev–Trinajstić information content (AvgIpc) is 2.59. The van der Waals surface area contributed by atoms with Crippen molar-refractivity contribution in [3.05, 3.63) is 46.1 Å². The molecule has 1 N–H and O–H groups in total. The molecular weight excluding hydrogens is 364 g/mol. The molecule has 2 rings (SSSR count). The van der Waals surface area contributed by atoms with Crippen molar-refractivity contribution in [3.63, 3.8) is 0 Å². The summed E-state index contributed by atoms with van der Waals surface area (Å²) in [5, 5.41) is 14.3. The summed E-state index contributed by atoms with van der Waals surface area (Å²) in [6.07, 6.45) is 0. The van der Waals surface area contributed by atoms with Crippen LogP contribution < -0.4 is 5.32 Å². The fourth-order valence-corrected chi connectivity index (χ4v) is 2.39.